The lowest BCUT2D eigenvalue weighted by molar-refractivity contribution is 0.742. The van der Waals surface area contributed by atoms with E-state index in [9.17, 15) is 0 Å². The molecule has 1 aliphatic rings. The molecule has 0 radical (unpaired) electrons. The van der Waals surface area contributed by atoms with Crippen molar-refractivity contribution in [1.29, 1.82) is 0 Å². The number of rotatable bonds is 5. The third-order valence-electron chi connectivity index (χ3n) is 2.98. The Morgan fingerprint density at radius 1 is 1.27 bits per heavy atom. The Morgan fingerprint density at radius 3 is 2.80 bits per heavy atom. The molecule has 0 spiro atoms. The molecule has 0 atom stereocenters. The summed E-state index contributed by atoms with van der Waals surface area (Å²) in [5, 5.41) is 0. The number of aryl methyl sites for hydroxylation is 1. The molecule has 2 rings (SSSR count). The van der Waals surface area contributed by atoms with Crippen LogP contribution in [0.1, 0.15) is 29.9 Å². The Morgan fingerprint density at radius 2 is 2.13 bits per heavy atom. The van der Waals surface area contributed by atoms with Crippen molar-refractivity contribution < 1.29 is 0 Å². The van der Waals surface area contributed by atoms with Gasteiger partial charge in [-0.3, -0.25) is 0 Å². The molecular formula is C13H19NS. The Kier molecular flexibility index (Phi) is 4.09. The average molecular weight is 221 g/mol. The van der Waals surface area contributed by atoms with Gasteiger partial charge in [0.2, 0.25) is 0 Å². The van der Waals surface area contributed by atoms with Crippen molar-refractivity contribution in [2.24, 2.45) is 5.73 Å². The number of hydrogen-bond donors (Lipinski definition) is 1. The number of hydrogen-bond acceptors (Lipinski definition) is 2. The first-order chi connectivity index (χ1) is 7.40. The van der Waals surface area contributed by atoms with Crippen LogP contribution in [0.3, 0.4) is 0 Å². The molecule has 1 nitrogen and oxygen atoms in total. The van der Waals surface area contributed by atoms with Gasteiger partial charge in [-0.2, -0.15) is 11.8 Å². The Balaban J connectivity index is 1.92. The van der Waals surface area contributed by atoms with Crippen LogP contribution in [-0.4, -0.2) is 18.1 Å². The largest absolute Gasteiger partial charge is 0.330 e. The minimum absolute atomic E-state index is 0.818. The summed E-state index contributed by atoms with van der Waals surface area (Å²) in [5.74, 6) is 3.45. The second-order valence-corrected chi connectivity index (χ2v) is 5.30. The maximum Gasteiger partial charge on any atom is 0.00199 e. The number of nitrogens with two attached hydrogens (primary N) is 1. The van der Waals surface area contributed by atoms with Crippen LogP contribution in [0.15, 0.2) is 24.3 Å². The normalized spacial score (nSPS) is 16.3. The van der Waals surface area contributed by atoms with Gasteiger partial charge in [-0.1, -0.05) is 24.3 Å². The number of benzene rings is 1. The van der Waals surface area contributed by atoms with E-state index >= 15 is 0 Å². The summed E-state index contributed by atoms with van der Waals surface area (Å²) in [5.41, 5.74) is 8.52. The molecule has 0 aromatic heterocycles. The Bertz CT molecular complexity index is 307. The summed E-state index contributed by atoms with van der Waals surface area (Å²) in [7, 11) is 0. The van der Waals surface area contributed by atoms with E-state index in [4.69, 9.17) is 5.73 Å². The van der Waals surface area contributed by atoms with E-state index in [0.717, 1.165) is 18.9 Å². The van der Waals surface area contributed by atoms with Crippen LogP contribution in [-0.2, 0) is 6.42 Å². The highest BCUT2D eigenvalue weighted by atomic mass is 32.2. The fraction of sp³-hybridized carbons (Fsp3) is 0.538. The molecule has 2 N–H and O–H groups in total. The molecule has 1 saturated heterocycles. The van der Waals surface area contributed by atoms with Crippen molar-refractivity contribution in [2.45, 2.75) is 25.2 Å². The van der Waals surface area contributed by atoms with Crippen molar-refractivity contribution in [3.63, 3.8) is 0 Å². The molecule has 1 heterocycles. The molecule has 0 aliphatic carbocycles. The zero-order valence-corrected chi connectivity index (χ0v) is 9.93. The van der Waals surface area contributed by atoms with Gasteiger partial charge in [-0.25, -0.2) is 0 Å². The second-order valence-electron chi connectivity index (χ2n) is 4.23. The van der Waals surface area contributed by atoms with Crippen LogP contribution in [0.5, 0.6) is 0 Å². The summed E-state index contributed by atoms with van der Waals surface area (Å²) in [6.07, 6.45) is 3.55. The maximum atomic E-state index is 5.50. The van der Waals surface area contributed by atoms with Gasteiger partial charge in [-0.05, 0) is 36.9 Å². The number of thioether (sulfide) groups is 1. The van der Waals surface area contributed by atoms with Crippen LogP contribution in [0.2, 0.25) is 0 Å². The standard InChI is InChI=1S/C13H19NS/c14-7-2-1-4-11-5-3-6-12(8-11)13-9-15-10-13/h3,5-6,8,13H,1-2,4,7,9-10,14H2. The molecule has 15 heavy (non-hydrogen) atoms. The molecule has 1 aromatic carbocycles. The van der Waals surface area contributed by atoms with Crippen LogP contribution in [0, 0.1) is 0 Å². The maximum absolute atomic E-state index is 5.50. The first kappa shape index (κ1) is 11.0. The molecule has 0 bridgehead atoms. The van der Waals surface area contributed by atoms with Crippen molar-refractivity contribution in [2.75, 3.05) is 18.1 Å². The van der Waals surface area contributed by atoms with Gasteiger partial charge in [-0.15, -0.1) is 0 Å². The van der Waals surface area contributed by atoms with Crippen LogP contribution < -0.4 is 5.73 Å². The third kappa shape index (κ3) is 2.99. The van der Waals surface area contributed by atoms with Crippen LogP contribution in [0.25, 0.3) is 0 Å². The van der Waals surface area contributed by atoms with E-state index in [0.29, 0.717) is 0 Å². The van der Waals surface area contributed by atoms with E-state index < -0.39 is 0 Å². The highest BCUT2D eigenvalue weighted by Crippen LogP contribution is 2.34. The van der Waals surface area contributed by atoms with E-state index in [1.54, 1.807) is 5.56 Å². The third-order valence-corrected chi connectivity index (χ3v) is 4.26. The summed E-state index contributed by atoms with van der Waals surface area (Å²) < 4.78 is 0. The molecule has 1 aromatic rings. The minimum atomic E-state index is 0.818. The predicted molar refractivity (Wildman–Crippen MR) is 68.5 cm³/mol. The molecule has 0 unspecified atom stereocenters. The summed E-state index contributed by atoms with van der Waals surface area (Å²) in [6.45, 7) is 0.818. The lowest BCUT2D eigenvalue weighted by atomic mass is 9.98. The second kappa shape index (κ2) is 5.57. The fourth-order valence-corrected chi connectivity index (χ4v) is 2.76. The molecule has 82 valence electrons. The van der Waals surface area contributed by atoms with Gasteiger partial charge in [0.1, 0.15) is 0 Å². The van der Waals surface area contributed by atoms with E-state index in [1.165, 1.54) is 29.9 Å². The SMILES string of the molecule is NCCCCc1cccc(C2CSC2)c1. The highest BCUT2D eigenvalue weighted by Gasteiger charge is 2.19. The summed E-state index contributed by atoms with van der Waals surface area (Å²) in [6, 6.07) is 9.11. The van der Waals surface area contributed by atoms with Crippen molar-refractivity contribution in [3.8, 4) is 0 Å². The first-order valence-electron chi connectivity index (χ1n) is 5.77. The molecule has 1 fully saturated rings. The summed E-state index contributed by atoms with van der Waals surface area (Å²) >= 11 is 2.05. The van der Waals surface area contributed by atoms with Gasteiger partial charge >= 0.3 is 0 Å². The average Bonchev–Trinajstić information content (AvgIpc) is 2.16. The quantitative estimate of drug-likeness (QED) is 0.774. The molecular weight excluding hydrogens is 202 g/mol. The lowest BCUT2D eigenvalue weighted by Gasteiger charge is -2.25. The van der Waals surface area contributed by atoms with Crippen molar-refractivity contribution in [3.05, 3.63) is 35.4 Å². The molecule has 0 amide bonds. The van der Waals surface area contributed by atoms with E-state index in [2.05, 4.69) is 36.0 Å². The minimum Gasteiger partial charge on any atom is -0.330 e. The van der Waals surface area contributed by atoms with Gasteiger partial charge < -0.3 is 5.73 Å². The molecule has 0 saturated carbocycles. The number of unbranched alkanes of at least 4 members (excludes halogenated alkanes) is 1. The van der Waals surface area contributed by atoms with Gasteiger partial charge in [0.15, 0.2) is 0 Å². The van der Waals surface area contributed by atoms with Crippen LogP contribution >= 0.6 is 11.8 Å². The fourth-order valence-electron chi connectivity index (χ4n) is 1.90. The zero-order chi connectivity index (χ0) is 10.5. The Labute approximate surface area is 96.4 Å². The monoisotopic (exact) mass is 221 g/mol. The lowest BCUT2D eigenvalue weighted by Crippen LogP contribution is -2.15. The van der Waals surface area contributed by atoms with Gasteiger partial charge in [0.05, 0.1) is 0 Å². The predicted octanol–water partition coefficient (Wildman–Crippen LogP) is 2.80. The van der Waals surface area contributed by atoms with E-state index in [1.807, 2.05) is 0 Å². The molecule has 2 heteroatoms. The van der Waals surface area contributed by atoms with Gasteiger partial charge in [0.25, 0.3) is 0 Å². The van der Waals surface area contributed by atoms with E-state index in [-0.39, 0.29) is 0 Å². The summed E-state index contributed by atoms with van der Waals surface area (Å²) in [4.78, 5) is 0. The topological polar surface area (TPSA) is 26.0 Å². The first-order valence-corrected chi connectivity index (χ1v) is 6.92. The van der Waals surface area contributed by atoms with Crippen molar-refractivity contribution >= 4 is 11.8 Å². The Hall–Kier alpha value is -0.470. The molecule has 1 aliphatic heterocycles. The van der Waals surface area contributed by atoms with Gasteiger partial charge in [0, 0.05) is 17.4 Å². The van der Waals surface area contributed by atoms with Crippen LogP contribution in [0.4, 0.5) is 0 Å². The zero-order valence-electron chi connectivity index (χ0n) is 9.11. The smallest absolute Gasteiger partial charge is 0.00199 e. The highest BCUT2D eigenvalue weighted by molar-refractivity contribution is 8.00. The van der Waals surface area contributed by atoms with Crippen molar-refractivity contribution in [1.82, 2.24) is 0 Å².